The van der Waals surface area contributed by atoms with E-state index in [1.165, 1.54) is 12.8 Å². The van der Waals surface area contributed by atoms with Gasteiger partial charge in [-0.2, -0.15) is 0 Å². The summed E-state index contributed by atoms with van der Waals surface area (Å²) in [5.74, 6) is 1.06. The van der Waals surface area contributed by atoms with E-state index in [9.17, 15) is 9.59 Å². The summed E-state index contributed by atoms with van der Waals surface area (Å²) in [6.45, 7) is 1.89. The van der Waals surface area contributed by atoms with E-state index in [0.717, 1.165) is 30.2 Å². The number of aromatic nitrogens is 2. The number of hydrogen-bond donors (Lipinski definition) is 1. The minimum atomic E-state index is -0.285. The van der Waals surface area contributed by atoms with Crippen LogP contribution in [0.25, 0.3) is 11.3 Å². The zero-order chi connectivity index (χ0) is 24.7. The maximum absolute atomic E-state index is 12.5. The summed E-state index contributed by atoms with van der Waals surface area (Å²) in [6, 6.07) is 27.3. The SMILES string of the molecule is O=C(COc1ccc(C(=O)c2ccccc2)cc1)Nc1cccc(-c2ccc(N3CCCC3)nn2)c1. The lowest BCUT2D eigenvalue weighted by molar-refractivity contribution is -0.118. The molecule has 1 N–H and O–H groups in total. The smallest absolute Gasteiger partial charge is 0.262 e. The second kappa shape index (κ2) is 10.8. The summed E-state index contributed by atoms with van der Waals surface area (Å²) < 4.78 is 5.61. The molecule has 0 saturated carbocycles. The first-order valence-corrected chi connectivity index (χ1v) is 12.0. The second-order valence-electron chi connectivity index (χ2n) is 8.61. The largest absolute Gasteiger partial charge is 0.484 e. The highest BCUT2D eigenvalue weighted by Gasteiger charge is 2.14. The first-order valence-electron chi connectivity index (χ1n) is 12.0. The third-order valence-electron chi connectivity index (χ3n) is 6.05. The molecule has 1 aromatic heterocycles. The van der Waals surface area contributed by atoms with Gasteiger partial charge in [0, 0.05) is 35.5 Å². The molecular weight excluding hydrogens is 452 g/mol. The Balaban J connectivity index is 1.16. The van der Waals surface area contributed by atoms with Crippen LogP contribution in [0.2, 0.25) is 0 Å². The van der Waals surface area contributed by atoms with Gasteiger partial charge in [-0.25, -0.2) is 0 Å². The topological polar surface area (TPSA) is 84.4 Å². The summed E-state index contributed by atoms with van der Waals surface area (Å²) in [5, 5.41) is 11.6. The van der Waals surface area contributed by atoms with Crippen LogP contribution in [0, 0.1) is 0 Å². The van der Waals surface area contributed by atoms with Gasteiger partial charge in [0.25, 0.3) is 5.91 Å². The zero-order valence-corrected chi connectivity index (χ0v) is 19.8. The van der Waals surface area contributed by atoms with E-state index in [2.05, 4.69) is 20.4 Å². The maximum Gasteiger partial charge on any atom is 0.262 e. The van der Waals surface area contributed by atoms with Gasteiger partial charge in [-0.15, -0.1) is 10.2 Å². The number of benzene rings is 3. The van der Waals surface area contributed by atoms with Crippen molar-refractivity contribution in [2.45, 2.75) is 12.8 Å². The second-order valence-corrected chi connectivity index (χ2v) is 8.61. The minimum absolute atomic E-state index is 0.0600. The molecule has 0 atom stereocenters. The quantitative estimate of drug-likeness (QED) is 0.359. The lowest BCUT2D eigenvalue weighted by Crippen LogP contribution is -2.20. The van der Waals surface area contributed by atoms with Gasteiger partial charge in [-0.05, 0) is 61.4 Å². The molecule has 1 fully saturated rings. The summed E-state index contributed by atoms with van der Waals surface area (Å²) in [7, 11) is 0. The molecule has 0 bridgehead atoms. The molecular formula is C29H26N4O3. The fraction of sp³-hybridized carbons (Fsp3) is 0.172. The Labute approximate surface area is 209 Å². The number of hydrogen-bond acceptors (Lipinski definition) is 6. The first-order chi connectivity index (χ1) is 17.7. The van der Waals surface area contributed by atoms with E-state index in [1.807, 2.05) is 54.6 Å². The monoisotopic (exact) mass is 478 g/mol. The van der Waals surface area contributed by atoms with Crippen LogP contribution in [0.15, 0.2) is 91.0 Å². The van der Waals surface area contributed by atoms with Crippen molar-refractivity contribution in [1.29, 1.82) is 0 Å². The zero-order valence-electron chi connectivity index (χ0n) is 19.8. The van der Waals surface area contributed by atoms with Crippen LogP contribution in [-0.2, 0) is 4.79 Å². The average Bonchev–Trinajstić information content (AvgIpc) is 3.48. The fourth-order valence-electron chi connectivity index (χ4n) is 4.16. The van der Waals surface area contributed by atoms with Crippen molar-refractivity contribution >= 4 is 23.2 Å². The van der Waals surface area contributed by atoms with Crippen molar-refractivity contribution in [2.75, 3.05) is 29.9 Å². The maximum atomic E-state index is 12.5. The Bertz CT molecular complexity index is 1330. The van der Waals surface area contributed by atoms with Crippen LogP contribution in [0.3, 0.4) is 0 Å². The van der Waals surface area contributed by atoms with E-state index in [0.29, 0.717) is 22.6 Å². The normalized spacial score (nSPS) is 12.8. The number of ketones is 1. The van der Waals surface area contributed by atoms with Crippen molar-refractivity contribution < 1.29 is 14.3 Å². The summed E-state index contributed by atoms with van der Waals surface area (Å²) >= 11 is 0. The molecule has 0 aliphatic carbocycles. The molecule has 1 aliphatic heterocycles. The predicted molar refractivity (Wildman–Crippen MR) is 139 cm³/mol. The Morgan fingerprint density at radius 3 is 2.28 bits per heavy atom. The Morgan fingerprint density at radius 1 is 0.806 bits per heavy atom. The van der Waals surface area contributed by atoms with E-state index in [1.54, 1.807) is 36.4 Å². The Kier molecular flexibility index (Phi) is 6.98. The van der Waals surface area contributed by atoms with E-state index in [-0.39, 0.29) is 18.3 Å². The van der Waals surface area contributed by atoms with Gasteiger partial charge >= 0.3 is 0 Å². The Morgan fingerprint density at radius 2 is 1.56 bits per heavy atom. The van der Waals surface area contributed by atoms with Gasteiger partial charge < -0.3 is 15.0 Å². The number of nitrogens with zero attached hydrogens (tertiary/aromatic N) is 3. The predicted octanol–water partition coefficient (Wildman–Crippen LogP) is 4.99. The average molecular weight is 479 g/mol. The molecule has 1 aliphatic rings. The number of carbonyl (C=O) groups excluding carboxylic acids is 2. The van der Waals surface area contributed by atoms with Crippen molar-refractivity contribution in [1.82, 2.24) is 10.2 Å². The number of ether oxygens (including phenoxy) is 1. The molecule has 36 heavy (non-hydrogen) atoms. The number of anilines is 2. The van der Waals surface area contributed by atoms with E-state index >= 15 is 0 Å². The van der Waals surface area contributed by atoms with E-state index in [4.69, 9.17) is 4.74 Å². The van der Waals surface area contributed by atoms with Gasteiger partial charge in [-0.3, -0.25) is 9.59 Å². The molecule has 3 aromatic carbocycles. The number of nitrogens with one attached hydrogen (secondary N) is 1. The molecule has 0 radical (unpaired) electrons. The number of rotatable bonds is 8. The first kappa shape index (κ1) is 23.2. The van der Waals surface area contributed by atoms with Crippen LogP contribution in [0.1, 0.15) is 28.8 Å². The van der Waals surface area contributed by atoms with Crippen molar-refractivity contribution in [3.63, 3.8) is 0 Å². The van der Waals surface area contributed by atoms with Crippen molar-refractivity contribution in [3.05, 3.63) is 102 Å². The van der Waals surface area contributed by atoms with Gasteiger partial charge in [0.2, 0.25) is 0 Å². The van der Waals surface area contributed by atoms with Crippen molar-refractivity contribution in [3.8, 4) is 17.0 Å². The van der Waals surface area contributed by atoms with Crippen molar-refractivity contribution in [2.24, 2.45) is 0 Å². The fourth-order valence-corrected chi connectivity index (χ4v) is 4.16. The standard InChI is InChI=1S/C29H26N4O3/c34-28(20-36-25-13-11-22(12-14-25)29(35)21-7-2-1-3-8-21)30-24-10-6-9-23(19-24)26-15-16-27(32-31-26)33-17-4-5-18-33/h1-3,6-16,19H,4-5,17-18,20H2,(H,30,34). The molecule has 1 amide bonds. The van der Waals surface area contributed by atoms with Crippen LogP contribution < -0.4 is 15.0 Å². The third kappa shape index (κ3) is 5.58. The lowest BCUT2D eigenvalue weighted by Gasteiger charge is -2.15. The highest BCUT2D eigenvalue weighted by molar-refractivity contribution is 6.09. The molecule has 4 aromatic rings. The molecule has 5 rings (SSSR count). The van der Waals surface area contributed by atoms with Gasteiger partial charge in [0.1, 0.15) is 5.75 Å². The highest BCUT2D eigenvalue weighted by atomic mass is 16.5. The third-order valence-corrected chi connectivity index (χ3v) is 6.05. The van der Waals surface area contributed by atoms with Crippen LogP contribution in [0.5, 0.6) is 5.75 Å². The number of carbonyl (C=O) groups is 2. The summed E-state index contributed by atoms with van der Waals surface area (Å²) in [4.78, 5) is 27.2. The minimum Gasteiger partial charge on any atom is -0.484 e. The van der Waals surface area contributed by atoms with Gasteiger partial charge in [-0.1, -0.05) is 42.5 Å². The van der Waals surface area contributed by atoms with E-state index < -0.39 is 0 Å². The van der Waals surface area contributed by atoms with Gasteiger partial charge in [0.05, 0.1) is 5.69 Å². The molecule has 180 valence electrons. The van der Waals surface area contributed by atoms with Gasteiger partial charge in [0.15, 0.2) is 18.2 Å². The molecule has 0 spiro atoms. The molecule has 7 heteroatoms. The molecule has 2 heterocycles. The van der Waals surface area contributed by atoms with Crippen LogP contribution >= 0.6 is 0 Å². The molecule has 1 saturated heterocycles. The molecule has 7 nitrogen and oxygen atoms in total. The number of amides is 1. The molecule has 0 unspecified atom stereocenters. The van der Waals surface area contributed by atoms with Crippen LogP contribution in [0.4, 0.5) is 11.5 Å². The summed E-state index contributed by atoms with van der Waals surface area (Å²) in [5.41, 5.74) is 3.45. The summed E-state index contributed by atoms with van der Waals surface area (Å²) in [6.07, 6.45) is 2.38. The van der Waals surface area contributed by atoms with Crippen LogP contribution in [-0.4, -0.2) is 41.6 Å². The lowest BCUT2D eigenvalue weighted by atomic mass is 10.0. The Hall–Kier alpha value is -4.52. The highest BCUT2D eigenvalue weighted by Crippen LogP contribution is 2.23.